The highest BCUT2D eigenvalue weighted by atomic mass is 16.4. The Hall–Kier alpha value is -4.22. The van der Waals surface area contributed by atoms with Gasteiger partial charge in [0, 0.05) is 29.9 Å². The summed E-state index contributed by atoms with van der Waals surface area (Å²) < 4.78 is 0. The molecule has 0 saturated carbocycles. The van der Waals surface area contributed by atoms with Gasteiger partial charge in [-0.05, 0) is 48.9 Å². The first kappa shape index (κ1) is 33.3. The van der Waals surface area contributed by atoms with Crippen molar-refractivity contribution < 1.29 is 24.3 Å². The second kappa shape index (κ2) is 16.4. The van der Waals surface area contributed by atoms with Crippen molar-refractivity contribution in [1.29, 1.82) is 0 Å². The van der Waals surface area contributed by atoms with Crippen LogP contribution in [0.3, 0.4) is 0 Å². The minimum absolute atomic E-state index is 0.0488. The van der Waals surface area contributed by atoms with Crippen LogP contribution in [-0.4, -0.2) is 64.5 Å². The van der Waals surface area contributed by atoms with Crippen molar-refractivity contribution in [2.45, 2.75) is 76.5 Å². The largest absolute Gasteiger partial charge is 0.480 e. The second-order valence-electron chi connectivity index (χ2n) is 11.3. The van der Waals surface area contributed by atoms with Crippen LogP contribution in [0.1, 0.15) is 50.7 Å². The number of amides is 3. The van der Waals surface area contributed by atoms with E-state index in [2.05, 4.69) is 20.9 Å². The molecule has 1 aromatic heterocycles. The summed E-state index contributed by atoms with van der Waals surface area (Å²) in [7, 11) is 0. The Kier molecular flexibility index (Phi) is 12.7. The Balaban J connectivity index is 1.83. The molecule has 0 aliphatic rings. The van der Waals surface area contributed by atoms with Crippen molar-refractivity contribution in [3.63, 3.8) is 0 Å². The van der Waals surface area contributed by atoms with Crippen molar-refractivity contribution in [3.05, 3.63) is 71.9 Å². The summed E-state index contributed by atoms with van der Waals surface area (Å²) in [5, 5.41) is 18.9. The molecule has 0 bridgehead atoms. The predicted molar refractivity (Wildman–Crippen MR) is 166 cm³/mol. The molecule has 0 saturated heterocycles. The standard InChI is InChI=1S/C32H44N6O5/c1-20(2)16-26(36-29(39)24(34)13-8-9-15-33)30(40)37-27(18-22-19-35-25-14-7-6-12-23(22)25)31(41)38-28(32(42)43)17-21-10-4-3-5-11-21/h3-7,10-12,14,19-20,24,26-28,35H,8-9,13,15-18,33-34H2,1-2H3,(H,36,39)(H,37,40)(H,38,41)(H,42,43). The van der Waals surface area contributed by atoms with Crippen LogP contribution in [-0.2, 0) is 32.0 Å². The van der Waals surface area contributed by atoms with E-state index in [1.54, 1.807) is 30.5 Å². The molecule has 11 heteroatoms. The number of benzene rings is 2. The highest BCUT2D eigenvalue weighted by molar-refractivity contribution is 5.95. The molecule has 9 N–H and O–H groups in total. The maximum absolute atomic E-state index is 13.7. The van der Waals surface area contributed by atoms with E-state index in [4.69, 9.17) is 11.5 Å². The normalized spacial score (nSPS) is 14.1. The van der Waals surface area contributed by atoms with E-state index in [0.29, 0.717) is 25.8 Å². The molecule has 11 nitrogen and oxygen atoms in total. The van der Waals surface area contributed by atoms with Crippen LogP contribution in [0, 0.1) is 5.92 Å². The molecule has 0 aliphatic heterocycles. The zero-order valence-electron chi connectivity index (χ0n) is 24.8. The van der Waals surface area contributed by atoms with Crippen LogP contribution in [0.5, 0.6) is 0 Å². The summed E-state index contributed by atoms with van der Waals surface area (Å²) in [5.74, 6) is -2.79. The summed E-state index contributed by atoms with van der Waals surface area (Å²) >= 11 is 0. The highest BCUT2D eigenvalue weighted by Gasteiger charge is 2.31. The van der Waals surface area contributed by atoms with Crippen LogP contribution >= 0.6 is 0 Å². The van der Waals surface area contributed by atoms with Gasteiger partial charge in [-0.25, -0.2) is 4.79 Å². The molecule has 4 unspecified atom stereocenters. The first-order chi connectivity index (χ1) is 20.6. The SMILES string of the molecule is CC(C)CC(NC(=O)C(N)CCCCN)C(=O)NC(Cc1c[nH]c2ccccc12)C(=O)NC(Cc1ccccc1)C(=O)O. The number of fused-ring (bicyclic) bond motifs is 1. The molecule has 3 rings (SSSR count). The lowest BCUT2D eigenvalue weighted by Gasteiger charge is -2.26. The fourth-order valence-corrected chi connectivity index (χ4v) is 4.95. The maximum Gasteiger partial charge on any atom is 0.326 e. The van der Waals surface area contributed by atoms with Crippen molar-refractivity contribution in [3.8, 4) is 0 Å². The van der Waals surface area contributed by atoms with Gasteiger partial charge < -0.3 is 37.5 Å². The van der Waals surface area contributed by atoms with Gasteiger partial charge in [-0.2, -0.15) is 0 Å². The number of H-pyrrole nitrogens is 1. The van der Waals surface area contributed by atoms with Gasteiger partial charge in [0.05, 0.1) is 6.04 Å². The number of hydrogen-bond donors (Lipinski definition) is 7. The molecule has 3 amide bonds. The summed E-state index contributed by atoms with van der Waals surface area (Å²) in [4.78, 5) is 55.4. The molecular formula is C32H44N6O5. The first-order valence-corrected chi connectivity index (χ1v) is 14.8. The molecule has 1 heterocycles. The fourth-order valence-electron chi connectivity index (χ4n) is 4.95. The number of para-hydroxylation sites is 1. The van der Waals surface area contributed by atoms with E-state index in [1.165, 1.54) is 0 Å². The van der Waals surface area contributed by atoms with Gasteiger partial charge in [-0.15, -0.1) is 0 Å². The Bertz CT molecular complexity index is 1360. The van der Waals surface area contributed by atoms with Crippen LogP contribution < -0.4 is 27.4 Å². The van der Waals surface area contributed by atoms with Gasteiger partial charge in [0.15, 0.2) is 0 Å². The average Bonchev–Trinajstić information content (AvgIpc) is 3.39. The molecule has 3 aromatic rings. The predicted octanol–water partition coefficient (Wildman–Crippen LogP) is 1.99. The molecule has 0 radical (unpaired) electrons. The zero-order chi connectivity index (χ0) is 31.4. The van der Waals surface area contributed by atoms with E-state index >= 15 is 0 Å². The minimum atomic E-state index is -1.21. The number of aromatic amines is 1. The Morgan fingerprint density at radius 1 is 0.814 bits per heavy atom. The maximum atomic E-state index is 13.7. The number of carbonyl (C=O) groups is 4. The third kappa shape index (κ3) is 10.2. The van der Waals surface area contributed by atoms with Crippen molar-refractivity contribution in [2.75, 3.05) is 6.54 Å². The number of aliphatic carboxylic acids is 1. The Morgan fingerprint density at radius 3 is 2.12 bits per heavy atom. The first-order valence-electron chi connectivity index (χ1n) is 14.8. The van der Waals surface area contributed by atoms with Gasteiger partial charge in [-0.3, -0.25) is 14.4 Å². The number of hydrogen-bond acceptors (Lipinski definition) is 6. The molecule has 43 heavy (non-hydrogen) atoms. The lowest BCUT2D eigenvalue weighted by molar-refractivity contribution is -0.142. The number of nitrogens with two attached hydrogens (primary N) is 2. The van der Waals surface area contributed by atoms with Gasteiger partial charge >= 0.3 is 5.97 Å². The number of carboxylic acid groups (broad SMARTS) is 1. The molecule has 0 fully saturated rings. The molecule has 2 aromatic carbocycles. The van der Waals surface area contributed by atoms with Crippen LogP contribution in [0.2, 0.25) is 0 Å². The van der Waals surface area contributed by atoms with E-state index in [-0.39, 0.29) is 18.8 Å². The van der Waals surface area contributed by atoms with Crippen LogP contribution in [0.15, 0.2) is 60.8 Å². The van der Waals surface area contributed by atoms with E-state index < -0.39 is 47.9 Å². The molecule has 232 valence electrons. The van der Waals surface area contributed by atoms with Gasteiger partial charge in [-0.1, -0.05) is 68.8 Å². The molecular weight excluding hydrogens is 548 g/mol. The smallest absolute Gasteiger partial charge is 0.326 e. The highest BCUT2D eigenvalue weighted by Crippen LogP contribution is 2.20. The van der Waals surface area contributed by atoms with E-state index in [9.17, 15) is 24.3 Å². The summed E-state index contributed by atoms with van der Waals surface area (Å²) in [6.45, 7) is 4.34. The number of unbranched alkanes of at least 4 members (excludes halogenated alkanes) is 1. The van der Waals surface area contributed by atoms with Crippen molar-refractivity contribution in [1.82, 2.24) is 20.9 Å². The average molecular weight is 593 g/mol. The number of carbonyl (C=O) groups excluding carboxylic acids is 3. The number of rotatable bonds is 17. The van der Waals surface area contributed by atoms with Gasteiger partial charge in [0.1, 0.15) is 18.1 Å². The minimum Gasteiger partial charge on any atom is -0.480 e. The van der Waals surface area contributed by atoms with Crippen molar-refractivity contribution in [2.24, 2.45) is 17.4 Å². The topological polar surface area (TPSA) is 192 Å². The van der Waals surface area contributed by atoms with E-state index in [0.717, 1.165) is 28.5 Å². The van der Waals surface area contributed by atoms with Crippen LogP contribution in [0.25, 0.3) is 10.9 Å². The van der Waals surface area contributed by atoms with Gasteiger partial charge in [0.25, 0.3) is 0 Å². The third-order valence-electron chi connectivity index (χ3n) is 7.28. The quantitative estimate of drug-likeness (QED) is 0.117. The van der Waals surface area contributed by atoms with Crippen LogP contribution in [0.4, 0.5) is 0 Å². The Morgan fingerprint density at radius 2 is 1.44 bits per heavy atom. The summed E-state index contributed by atoms with van der Waals surface area (Å²) in [6.07, 6.45) is 4.12. The Labute approximate surface area is 252 Å². The number of aromatic nitrogens is 1. The van der Waals surface area contributed by atoms with E-state index in [1.807, 2.05) is 44.2 Å². The van der Waals surface area contributed by atoms with Crippen molar-refractivity contribution >= 4 is 34.6 Å². The lowest BCUT2D eigenvalue weighted by atomic mass is 9.99. The number of nitrogens with one attached hydrogen (secondary N) is 4. The zero-order valence-corrected chi connectivity index (χ0v) is 24.8. The summed E-state index contributed by atoms with van der Waals surface area (Å²) in [6, 6.07) is 12.5. The fraction of sp³-hybridized carbons (Fsp3) is 0.438. The lowest BCUT2D eigenvalue weighted by Crippen LogP contribution is -2.58. The second-order valence-corrected chi connectivity index (χ2v) is 11.3. The summed E-state index contributed by atoms with van der Waals surface area (Å²) in [5.41, 5.74) is 14.0. The molecule has 0 spiro atoms. The molecule has 4 atom stereocenters. The molecule has 0 aliphatic carbocycles. The monoisotopic (exact) mass is 592 g/mol. The number of carboxylic acids is 1. The third-order valence-corrected chi connectivity index (χ3v) is 7.28. The van der Waals surface area contributed by atoms with Gasteiger partial charge in [0.2, 0.25) is 17.7 Å².